The molecule has 1 aromatic carbocycles. The van der Waals surface area contributed by atoms with Gasteiger partial charge in [-0.1, -0.05) is 31.5 Å². The molecule has 134 valence electrons. The molecule has 0 radical (unpaired) electrons. The second-order valence-corrected chi connectivity index (χ2v) is 6.19. The summed E-state index contributed by atoms with van der Waals surface area (Å²) in [4.78, 5) is 28.8. The van der Waals surface area contributed by atoms with Gasteiger partial charge in [0, 0.05) is 5.56 Å². The summed E-state index contributed by atoms with van der Waals surface area (Å²) < 4.78 is 10.5. The Hall–Kier alpha value is -2.63. The molecule has 0 fully saturated rings. The Morgan fingerprint density at radius 3 is 2.56 bits per heavy atom. The van der Waals surface area contributed by atoms with Gasteiger partial charge < -0.3 is 14.5 Å². The van der Waals surface area contributed by atoms with Crippen molar-refractivity contribution < 1.29 is 18.7 Å². The number of carbonyl (C=O) groups excluding carboxylic acids is 2. The lowest BCUT2D eigenvalue weighted by Crippen LogP contribution is -2.53. The minimum Gasteiger partial charge on any atom is -0.467 e. The van der Waals surface area contributed by atoms with E-state index in [9.17, 15) is 9.59 Å². The summed E-state index contributed by atoms with van der Waals surface area (Å²) >= 11 is 0. The molecule has 0 aliphatic heterocycles. The lowest BCUT2D eigenvalue weighted by molar-refractivity contribution is -0.150. The maximum absolute atomic E-state index is 12.4. The first-order valence-electron chi connectivity index (χ1n) is 8.30. The molecule has 0 saturated carbocycles. The Labute approximate surface area is 147 Å². The monoisotopic (exact) mass is 344 g/mol. The summed E-state index contributed by atoms with van der Waals surface area (Å²) in [5, 5.41) is 2.77. The average molecular weight is 344 g/mol. The maximum atomic E-state index is 12.4. The van der Waals surface area contributed by atoms with Gasteiger partial charge in [0.15, 0.2) is 0 Å². The average Bonchev–Trinajstić information content (AvgIpc) is 2.95. The largest absolute Gasteiger partial charge is 0.467 e. The van der Waals surface area contributed by atoms with Crippen molar-refractivity contribution in [3.05, 3.63) is 41.8 Å². The van der Waals surface area contributed by atoms with Gasteiger partial charge in [0.25, 0.3) is 0 Å². The van der Waals surface area contributed by atoms with Gasteiger partial charge in [-0.15, -0.1) is 0 Å². The van der Waals surface area contributed by atoms with E-state index < -0.39 is 11.5 Å². The fraction of sp³-hybridized carbons (Fsp3) is 0.421. The predicted molar refractivity (Wildman–Crippen MR) is 93.9 cm³/mol. The molecule has 1 amide bonds. The van der Waals surface area contributed by atoms with Crippen LogP contribution in [0.15, 0.2) is 34.7 Å². The Morgan fingerprint density at radius 1 is 1.28 bits per heavy atom. The van der Waals surface area contributed by atoms with Crippen LogP contribution in [-0.4, -0.2) is 29.5 Å². The Kier molecular flexibility index (Phi) is 5.96. The number of nitrogens with zero attached hydrogens (tertiary/aromatic N) is 1. The first-order valence-corrected chi connectivity index (χ1v) is 8.30. The smallest absolute Gasteiger partial charge is 0.331 e. The van der Waals surface area contributed by atoms with Crippen molar-refractivity contribution in [3.63, 3.8) is 0 Å². The number of amides is 1. The topological polar surface area (TPSA) is 81.4 Å². The number of esters is 1. The summed E-state index contributed by atoms with van der Waals surface area (Å²) in [6, 6.07) is 9.49. The van der Waals surface area contributed by atoms with E-state index in [1.807, 2.05) is 37.3 Å². The molecule has 25 heavy (non-hydrogen) atoms. The van der Waals surface area contributed by atoms with Crippen LogP contribution in [0.25, 0.3) is 11.5 Å². The quantitative estimate of drug-likeness (QED) is 0.781. The highest BCUT2D eigenvalue weighted by Gasteiger charge is 2.35. The van der Waals surface area contributed by atoms with Gasteiger partial charge in [-0.3, -0.25) is 4.79 Å². The van der Waals surface area contributed by atoms with Crippen molar-refractivity contribution in [2.45, 2.75) is 45.6 Å². The number of rotatable bonds is 7. The number of ether oxygens (including phenoxy) is 1. The van der Waals surface area contributed by atoms with Crippen molar-refractivity contribution in [1.29, 1.82) is 0 Å². The van der Waals surface area contributed by atoms with Crippen molar-refractivity contribution in [2.24, 2.45) is 0 Å². The first kappa shape index (κ1) is 18.7. The van der Waals surface area contributed by atoms with Gasteiger partial charge in [0.1, 0.15) is 11.3 Å². The molecular formula is C19H24N2O4. The van der Waals surface area contributed by atoms with Crippen LogP contribution in [0.5, 0.6) is 0 Å². The molecule has 0 saturated heterocycles. The molecule has 1 N–H and O–H groups in total. The van der Waals surface area contributed by atoms with Gasteiger partial charge in [0.2, 0.25) is 11.8 Å². The summed E-state index contributed by atoms with van der Waals surface area (Å²) in [6.07, 6.45) is 1.28. The van der Waals surface area contributed by atoms with E-state index in [2.05, 4.69) is 10.3 Å². The third kappa shape index (κ3) is 4.47. The Bertz CT molecular complexity index is 739. The van der Waals surface area contributed by atoms with Gasteiger partial charge in [0.05, 0.1) is 19.2 Å². The number of aryl methyl sites for hydroxylation is 1. The minimum absolute atomic E-state index is 0.0401. The highest BCUT2D eigenvalue weighted by atomic mass is 16.5. The van der Waals surface area contributed by atoms with Crippen LogP contribution in [0.4, 0.5) is 0 Å². The van der Waals surface area contributed by atoms with E-state index in [4.69, 9.17) is 9.15 Å². The molecule has 1 unspecified atom stereocenters. The second-order valence-electron chi connectivity index (χ2n) is 6.19. The molecule has 2 rings (SSSR count). The van der Waals surface area contributed by atoms with Gasteiger partial charge in [-0.05, 0) is 32.4 Å². The number of carbonyl (C=O) groups is 2. The minimum atomic E-state index is -1.04. The van der Waals surface area contributed by atoms with E-state index in [0.717, 1.165) is 12.0 Å². The summed E-state index contributed by atoms with van der Waals surface area (Å²) in [5.41, 5.74) is 0.364. The third-order valence-electron chi connectivity index (χ3n) is 4.04. The normalized spacial score (nSPS) is 13.1. The molecule has 1 atom stereocenters. The highest BCUT2D eigenvalue weighted by molar-refractivity contribution is 5.88. The standard InChI is InChI=1S/C19H24N2O4/c1-5-11-19(3,18(23)24-4)21-16(22)12-15-13(2)25-17(20-15)14-9-7-6-8-10-14/h6-10H,5,11-12H2,1-4H3,(H,21,22). The van der Waals surface area contributed by atoms with Crippen molar-refractivity contribution in [2.75, 3.05) is 7.11 Å². The predicted octanol–water partition coefficient (Wildman–Crippen LogP) is 3.04. The molecular weight excluding hydrogens is 320 g/mol. The van der Waals surface area contributed by atoms with Crippen LogP contribution < -0.4 is 5.32 Å². The van der Waals surface area contributed by atoms with Gasteiger partial charge >= 0.3 is 5.97 Å². The Morgan fingerprint density at radius 2 is 1.96 bits per heavy atom. The second kappa shape index (κ2) is 7.96. The molecule has 0 bridgehead atoms. The first-order chi connectivity index (χ1) is 11.9. The zero-order valence-electron chi connectivity index (χ0n) is 15.1. The van der Waals surface area contributed by atoms with Gasteiger partial charge in [-0.25, -0.2) is 9.78 Å². The summed E-state index contributed by atoms with van der Waals surface area (Å²) in [6.45, 7) is 5.39. The number of hydrogen-bond donors (Lipinski definition) is 1. The fourth-order valence-electron chi connectivity index (χ4n) is 2.74. The fourth-order valence-corrected chi connectivity index (χ4v) is 2.74. The lowest BCUT2D eigenvalue weighted by Gasteiger charge is -2.27. The molecule has 6 nitrogen and oxygen atoms in total. The molecule has 0 spiro atoms. The van der Waals surface area contributed by atoms with Crippen molar-refractivity contribution in [3.8, 4) is 11.5 Å². The summed E-state index contributed by atoms with van der Waals surface area (Å²) in [5.74, 6) is 0.316. The van der Waals surface area contributed by atoms with E-state index >= 15 is 0 Å². The molecule has 6 heteroatoms. The maximum Gasteiger partial charge on any atom is 0.331 e. The van der Waals surface area contributed by atoms with Gasteiger partial charge in [-0.2, -0.15) is 0 Å². The zero-order valence-corrected chi connectivity index (χ0v) is 15.1. The zero-order chi connectivity index (χ0) is 18.4. The molecule has 0 aliphatic rings. The van der Waals surface area contributed by atoms with Crippen LogP contribution >= 0.6 is 0 Å². The summed E-state index contributed by atoms with van der Waals surface area (Å²) in [7, 11) is 1.32. The lowest BCUT2D eigenvalue weighted by atomic mass is 9.96. The van der Waals surface area contributed by atoms with Crippen LogP contribution in [0.1, 0.15) is 38.1 Å². The number of hydrogen-bond acceptors (Lipinski definition) is 5. The van der Waals surface area contributed by atoms with E-state index in [1.54, 1.807) is 13.8 Å². The molecule has 2 aromatic rings. The number of aromatic nitrogens is 1. The van der Waals surface area contributed by atoms with E-state index in [0.29, 0.717) is 23.8 Å². The number of nitrogens with one attached hydrogen (secondary N) is 1. The third-order valence-corrected chi connectivity index (χ3v) is 4.04. The van der Waals surface area contributed by atoms with Crippen LogP contribution in [0, 0.1) is 6.92 Å². The number of methoxy groups -OCH3 is 1. The molecule has 1 heterocycles. The SMILES string of the molecule is CCCC(C)(NC(=O)Cc1nc(-c2ccccc2)oc1C)C(=O)OC. The van der Waals surface area contributed by atoms with Crippen LogP contribution in [-0.2, 0) is 20.7 Å². The van der Waals surface area contributed by atoms with Crippen molar-refractivity contribution >= 4 is 11.9 Å². The molecule has 1 aromatic heterocycles. The van der Waals surface area contributed by atoms with Crippen LogP contribution in [0.3, 0.4) is 0 Å². The highest BCUT2D eigenvalue weighted by Crippen LogP contribution is 2.22. The van der Waals surface area contributed by atoms with E-state index in [-0.39, 0.29) is 12.3 Å². The van der Waals surface area contributed by atoms with E-state index in [1.165, 1.54) is 7.11 Å². The number of benzene rings is 1. The van der Waals surface area contributed by atoms with Crippen molar-refractivity contribution in [1.82, 2.24) is 10.3 Å². The van der Waals surface area contributed by atoms with Crippen LogP contribution in [0.2, 0.25) is 0 Å². The molecule has 0 aliphatic carbocycles. The Balaban J connectivity index is 2.12. The number of oxazole rings is 1.